The molecule has 0 radical (unpaired) electrons. The highest BCUT2D eigenvalue weighted by atomic mass is 35.5. The van der Waals surface area contributed by atoms with Crippen molar-refractivity contribution in [1.29, 1.82) is 0 Å². The van der Waals surface area contributed by atoms with Gasteiger partial charge < -0.3 is 14.4 Å². The van der Waals surface area contributed by atoms with Crippen LogP contribution in [0.25, 0.3) is 5.69 Å². The predicted octanol–water partition coefficient (Wildman–Crippen LogP) is 0.730. The minimum Gasteiger partial charge on any atom is -0.481 e. The molecule has 0 unspecified atom stereocenters. The summed E-state index contributed by atoms with van der Waals surface area (Å²) in [6.45, 7) is 3.93. The van der Waals surface area contributed by atoms with Gasteiger partial charge in [0.15, 0.2) is 5.82 Å². The number of rotatable bonds is 7. The quantitative estimate of drug-likeness (QED) is 0.478. The third-order valence-electron chi connectivity index (χ3n) is 5.79. The van der Waals surface area contributed by atoms with Crippen LogP contribution in [-0.2, 0) is 11.3 Å². The van der Waals surface area contributed by atoms with Crippen LogP contribution in [0, 0.1) is 11.7 Å². The lowest BCUT2D eigenvalue weighted by atomic mass is 9.52. The number of pyridine rings is 1. The molecule has 3 heterocycles. The van der Waals surface area contributed by atoms with Crippen molar-refractivity contribution in [1.82, 2.24) is 19.7 Å². The number of halogens is 2. The summed E-state index contributed by atoms with van der Waals surface area (Å²) in [4.78, 5) is 6.54. The summed E-state index contributed by atoms with van der Waals surface area (Å²) < 4.78 is 26.8. The molecule has 4 rings (SSSR count). The molecular formula is C21H26B3ClFN5O2. The maximum Gasteiger partial charge on any atom is 0.232 e. The number of hydrogen-bond donors (Lipinski definition) is 0. The fraction of sp³-hybridized carbons (Fsp3) is 0.381. The van der Waals surface area contributed by atoms with Gasteiger partial charge in [0.25, 0.3) is 0 Å². The fourth-order valence-corrected chi connectivity index (χ4v) is 4.42. The normalized spacial score (nSPS) is 18.6. The Balaban J connectivity index is 1.68. The summed E-state index contributed by atoms with van der Waals surface area (Å²) >= 11 is 6.38. The Kier molecular flexibility index (Phi) is 6.72. The van der Waals surface area contributed by atoms with E-state index in [1.165, 1.54) is 12.1 Å². The highest BCUT2D eigenvalue weighted by molar-refractivity contribution is 6.58. The number of methoxy groups -OCH3 is 1. The van der Waals surface area contributed by atoms with E-state index in [4.69, 9.17) is 21.1 Å². The van der Waals surface area contributed by atoms with Gasteiger partial charge >= 0.3 is 0 Å². The van der Waals surface area contributed by atoms with Crippen molar-refractivity contribution in [3.63, 3.8) is 0 Å². The number of hydrogen-bond acceptors (Lipinski definition) is 6. The second-order valence-corrected chi connectivity index (χ2v) is 9.77. The van der Waals surface area contributed by atoms with Gasteiger partial charge in [-0.05, 0) is 35.0 Å². The summed E-state index contributed by atoms with van der Waals surface area (Å²) in [6.07, 6.45) is 1.74. The van der Waals surface area contributed by atoms with Crippen LogP contribution >= 0.6 is 11.6 Å². The van der Waals surface area contributed by atoms with Crippen molar-refractivity contribution in [2.75, 3.05) is 25.1 Å². The average Bonchev–Trinajstić information content (AvgIpc) is 3.35. The molecule has 0 saturated carbocycles. The van der Waals surface area contributed by atoms with E-state index in [1.54, 1.807) is 25.4 Å². The van der Waals surface area contributed by atoms with Gasteiger partial charge in [0, 0.05) is 30.1 Å². The number of benzene rings is 1. The highest BCUT2D eigenvalue weighted by Gasteiger charge is 2.35. The first-order chi connectivity index (χ1) is 15.7. The van der Waals surface area contributed by atoms with E-state index in [9.17, 15) is 4.39 Å². The van der Waals surface area contributed by atoms with E-state index in [1.807, 2.05) is 34.2 Å². The molecule has 2 atom stereocenters. The van der Waals surface area contributed by atoms with Gasteiger partial charge in [-0.2, -0.15) is 0 Å². The molecule has 0 N–H and O–H groups in total. The molecule has 1 fully saturated rings. The molecule has 33 heavy (non-hydrogen) atoms. The van der Waals surface area contributed by atoms with Crippen molar-refractivity contribution >= 4 is 41.1 Å². The summed E-state index contributed by atoms with van der Waals surface area (Å²) in [5.74, 6) is 2.03. The number of aromatic nitrogens is 4. The van der Waals surface area contributed by atoms with Crippen LogP contribution in [0.1, 0.15) is 24.2 Å². The Morgan fingerprint density at radius 3 is 2.61 bits per heavy atom. The van der Waals surface area contributed by atoms with E-state index in [0.29, 0.717) is 41.7 Å². The van der Waals surface area contributed by atoms with Crippen molar-refractivity contribution in [2.45, 2.75) is 24.7 Å². The van der Waals surface area contributed by atoms with E-state index >= 15 is 0 Å². The van der Waals surface area contributed by atoms with Crippen molar-refractivity contribution in [2.24, 2.45) is 5.92 Å². The molecule has 0 amide bonds. The van der Waals surface area contributed by atoms with Crippen LogP contribution in [0.4, 0.5) is 10.3 Å². The van der Waals surface area contributed by atoms with Crippen molar-refractivity contribution in [3.8, 4) is 11.6 Å². The molecule has 1 aromatic carbocycles. The molecule has 12 heteroatoms. The standard InChI is InChI=1S/C21H26B3ClFN5O2/c1-12-9-30(10-16(12)15-5-3-13(26)7-17(15)25)20-29-28-18(11-33-21(22,23)24)31(20)14-4-6-19(32-2)27-8-14/h3-8,12,16H,9-11,22-24H2,1-2H3/t12-,16-/m0/s1. The molecule has 0 aliphatic carbocycles. The van der Waals surface area contributed by atoms with E-state index in [2.05, 4.69) is 27.0 Å². The molecule has 170 valence electrons. The first-order valence-electron chi connectivity index (χ1n) is 10.9. The van der Waals surface area contributed by atoms with Gasteiger partial charge in [-0.3, -0.25) is 4.57 Å². The summed E-state index contributed by atoms with van der Waals surface area (Å²) in [6, 6.07) is 8.35. The second-order valence-electron chi connectivity index (χ2n) is 9.37. The van der Waals surface area contributed by atoms with Crippen LogP contribution in [0.15, 0.2) is 36.5 Å². The van der Waals surface area contributed by atoms with Crippen LogP contribution in [0.5, 0.6) is 5.88 Å². The monoisotopic (exact) mass is 467 g/mol. The average molecular weight is 467 g/mol. The van der Waals surface area contributed by atoms with Gasteiger partial charge in [0.2, 0.25) is 11.8 Å². The van der Waals surface area contributed by atoms with Crippen LogP contribution in [0.2, 0.25) is 5.02 Å². The molecule has 3 aromatic rings. The van der Waals surface area contributed by atoms with Crippen LogP contribution in [0.3, 0.4) is 0 Å². The first kappa shape index (κ1) is 23.6. The molecule has 0 spiro atoms. The third-order valence-corrected chi connectivity index (χ3v) is 6.12. The van der Waals surface area contributed by atoms with Gasteiger partial charge in [0.05, 0.1) is 19.0 Å². The minimum atomic E-state index is -0.332. The lowest BCUT2D eigenvalue weighted by molar-refractivity contribution is 0.108. The zero-order valence-electron chi connectivity index (χ0n) is 19.5. The van der Waals surface area contributed by atoms with Crippen molar-refractivity contribution in [3.05, 3.63) is 58.8 Å². The maximum atomic E-state index is 13.6. The molecule has 1 saturated heterocycles. The van der Waals surface area contributed by atoms with Gasteiger partial charge in [-0.15, -0.1) is 10.2 Å². The number of anilines is 1. The molecule has 0 bridgehead atoms. The van der Waals surface area contributed by atoms with Gasteiger partial charge in [-0.25, -0.2) is 9.37 Å². The minimum absolute atomic E-state index is 0.145. The van der Waals surface area contributed by atoms with Gasteiger partial charge in [0.1, 0.15) is 36.0 Å². The zero-order chi connectivity index (χ0) is 23.8. The Bertz CT molecular complexity index is 1130. The summed E-state index contributed by atoms with van der Waals surface area (Å²) in [7, 11) is 7.59. The largest absolute Gasteiger partial charge is 0.481 e. The molecule has 2 aromatic heterocycles. The Hall–Kier alpha value is -2.52. The van der Waals surface area contributed by atoms with E-state index < -0.39 is 0 Å². The third kappa shape index (κ3) is 5.19. The molecular weight excluding hydrogens is 441 g/mol. The molecule has 7 nitrogen and oxygen atoms in total. The maximum absolute atomic E-state index is 13.6. The van der Waals surface area contributed by atoms with E-state index in [-0.39, 0.29) is 17.0 Å². The lowest BCUT2D eigenvalue weighted by Gasteiger charge is -2.22. The van der Waals surface area contributed by atoms with Crippen LogP contribution < -0.4 is 9.64 Å². The predicted molar refractivity (Wildman–Crippen MR) is 134 cm³/mol. The fourth-order valence-electron chi connectivity index (χ4n) is 4.11. The van der Waals surface area contributed by atoms with Crippen molar-refractivity contribution < 1.29 is 13.9 Å². The second kappa shape index (κ2) is 9.39. The number of nitrogens with zero attached hydrogens (tertiary/aromatic N) is 5. The van der Waals surface area contributed by atoms with E-state index in [0.717, 1.165) is 17.8 Å². The highest BCUT2D eigenvalue weighted by Crippen LogP contribution is 2.38. The zero-order valence-corrected chi connectivity index (χ0v) is 20.3. The lowest BCUT2D eigenvalue weighted by Crippen LogP contribution is -2.34. The first-order valence-corrected chi connectivity index (χ1v) is 11.3. The molecule has 1 aliphatic rings. The number of ether oxygens (including phenoxy) is 2. The Morgan fingerprint density at radius 2 is 1.97 bits per heavy atom. The topological polar surface area (TPSA) is 65.3 Å². The smallest absolute Gasteiger partial charge is 0.232 e. The Labute approximate surface area is 200 Å². The molecule has 1 aliphatic heterocycles. The Morgan fingerprint density at radius 1 is 1.18 bits per heavy atom. The SMILES string of the molecule is BC(B)(B)OCc1nnc(N2C[C@H](c3ccc(F)cc3Cl)[C@@H](C)C2)n1-c1ccc(OC)nc1. The summed E-state index contributed by atoms with van der Waals surface area (Å²) in [5, 5.41) is 9.10. The van der Waals surface area contributed by atoms with Crippen LogP contribution in [-0.4, -0.2) is 68.8 Å². The van der Waals surface area contributed by atoms with Gasteiger partial charge in [-0.1, -0.05) is 24.6 Å². The summed E-state index contributed by atoms with van der Waals surface area (Å²) in [5.41, 5.74) is 1.76.